The van der Waals surface area contributed by atoms with Gasteiger partial charge in [-0.3, -0.25) is 0 Å². The lowest BCUT2D eigenvalue weighted by Crippen LogP contribution is -2.30. The highest BCUT2D eigenvalue weighted by Crippen LogP contribution is 2.24. The first-order valence-corrected chi connectivity index (χ1v) is 8.73. The molecule has 0 radical (unpaired) electrons. The third-order valence-electron chi connectivity index (χ3n) is 4.08. The Bertz CT molecular complexity index is 823. The molecule has 27 heavy (non-hydrogen) atoms. The van der Waals surface area contributed by atoms with Gasteiger partial charge in [0.2, 0.25) is 0 Å². The van der Waals surface area contributed by atoms with Gasteiger partial charge in [-0.05, 0) is 37.1 Å². The van der Waals surface area contributed by atoms with Crippen LogP contribution in [0.4, 0.5) is 0 Å². The summed E-state index contributed by atoms with van der Waals surface area (Å²) >= 11 is 6.01. The SMILES string of the molecule is CONC(C(=O)OC)c1cccc(C)c1CO/N=C(\C)c1cccc(Cl)c1. The van der Waals surface area contributed by atoms with Gasteiger partial charge in [-0.2, -0.15) is 5.48 Å². The Morgan fingerprint density at radius 3 is 2.63 bits per heavy atom. The van der Waals surface area contributed by atoms with Crippen LogP contribution in [-0.4, -0.2) is 25.9 Å². The van der Waals surface area contributed by atoms with Crippen molar-refractivity contribution in [3.05, 3.63) is 69.7 Å². The minimum Gasteiger partial charge on any atom is -0.468 e. The van der Waals surface area contributed by atoms with Crippen LogP contribution >= 0.6 is 11.6 Å². The maximum Gasteiger partial charge on any atom is 0.329 e. The van der Waals surface area contributed by atoms with Crippen LogP contribution in [0.25, 0.3) is 0 Å². The summed E-state index contributed by atoms with van der Waals surface area (Å²) in [4.78, 5) is 22.6. The quantitative estimate of drug-likeness (QED) is 0.420. The summed E-state index contributed by atoms with van der Waals surface area (Å²) < 4.78 is 4.86. The molecule has 0 aliphatic heterocycles. The van der Waals surface area contributed by atoms with Crippen LogP contribution in [0.3, 0.4) is 0 Å². The van der Waals surface area contributed by atoms with Crippen molar-refractivity contribution in [3.63, 3.8) is 0 Å². The molecule has 144 valence electrons. The van der Waals surface area contributed by atoms with E-state index >= 15 is 0 Å². The van der Waals surface area contributed by atoms with Gasteiger partial charge in [0.15, 0.2) is 6.04 Å². The zero-order valence-corrected chi connectivity index (χ0v) is 16.5. The molecule has 0 saturated heterocycles. The first-order chi connectivity index (χ1) is 13.0. The summed E-state index contributed by atoms with van der Waals surface area (Å²) in [5.74, 6) is -0.456. The molecular weight excluding hydrogens is 368 g/mol. The highest BCUT2D eigenvalue weighted by molar-refractivity contribution is 6.31. The third kappa shape index (κ3) is 5.53. The Labute approximate surface area is 164 Å². The van der Waals surface area contributed by atoms with Crippen LogP contribution in [0.15, 0.2) is 47.6 Å². The van der Waals surface area contributed by atoms with E-state index in [1.165, 1.54) is 14.2 Å². The molecule has 0 aromatic heterocycles. The fraction of sp³-hybridized carbons (Fsp3) is 0.300. The molecule has 0 spiro atoms. The van der Waals surface area contributed by atoms with Crippen LogP contribution < -0.4 is 5.48 Å². The first-order valence-electron chi connectivity index (χ1n) is 8.35. The van der Waals surface area contributed by atoms with Gasteiger partial charge in [0.05, 0.1) is 19.9 Å². The Kier molecular flexibility index (Phi) is 7.79. The first kappa shape index (κ1) is 20.9. The van der Waals surface area contributed by atoms with Crippen molar-refractivity contribution in [1.29, 1.82) is 0 Å². The Hall–Kier alpha value is -2.41. The average molecular weight is 391 g/mol. The smallest absolute Gasteiger partial charge is 0.329 e. The van der Waals surface area contributed by atoms with Crippen molar-refractivity contribution < 1.29 is 19.2 Å². The number of ether oxygens (including phenoxy) is 1. The summed E-state index contributed by atoms with van der Waals surface area (Å²) in [7, 11) is 2.78. The van der Waals surface area contributed by atoms with Gasteiger partial charge in [0.1, 0.15) is 6.61 Å². The highest BCUT2D eigenvalue weighted by atomic mass is 35.5. The van der Waals surface area contributed by atoms with Gasteiger partial charge in [-0.1, -0.05) is 47.1 Å². The number of oxime groups is 1. The molecule has 0 aliphatic carbocycles. The number of nitrogens with zero attached hydrogens (tertiary/aromatic N) is 1. The number of carbonyl (C=O) groups excluding carboxylic acids is 1. The van der Waals surface area contributed by atoms with Gasteiger partial charge in [0, 0.05) is 16.1 Å². The maximum absolute atomic E-state index is 12.1. The molecule has 0 fully saturated rings. The topological polar surface area (TPSA) is 69.2 Å². The number of hydrogen-bond donors (Lipinski definition) is 1. The monoisotopic (exact) mass is 390 g/mol. The van der Waals surface area contributed by atoms with E-state index in [1.54, 1.807) is 6.07 Å². The van der Waals surface area contributed by atoms with Crippen molar-refractivity contribution in [1.82, 2.24) is 5.48 Å². The van der Waals surface area contributed by atoms with Gasteiger partial charge in [-0.25, -0.2) is 4.79 Å². The summed E-state index contributed by atoms with van der Waals surface area (Å²) in [6.07, 6.45) is 0. The summed E-state index contributed by atoms with van der Waals surface area (Å²) in [5, 5.41) is 4.81. The predicted octanol–water partition coefficient (Wildman–Crippen LogP) is 3.95. The van der Waals surface area contributed by atoms with Crippen molar-refractivity contribution in [2.24, 2.45) is 5.16 Å². The molecule has 0 amide bonds. The molecule has 6 nitrogen and oxygen atoms in total. The number of hydrogen-bond acceptors (Lipinski definition) is 6. The van der Waals surface area contributed by atoms with E-state index in [9.17, 15) is 4.79 Å². The molecule has 0 heterocycles. The minimum absolute atomic E-state index is 0.193. The second-order valence-corrected chi connectivity index (χ2v) is 6.32. The number of halogens is 1. The van der Waals surface area contributed by atoms with Crippen molar-refractivity contribution >= 4 is 23.3 Å². The fourth-order valence-corrected chi connectivity index (χ4v) is 2.82. The van der Waals surface area contributed by atoms with E-state index in [0.717, 1.165) is 16.7 Å². The zero-order chi connectivity index (χ0) is 19.8. The van der Waals surface area contributed by atoms with Crippen LogP contribution in [0, 0.1) is 6.92 Å². The number of hydroxylamine groups is 1. The standard InChI is InChI=1S/C20H23ClN2O4/c1-13-7-5-10-17(19(23-26-4)20(24)25-3)18(13)12-27-22-14(2)15-8-6-9-16(21)11-15/h5-11,19,23H,12H2,1-4H3/b22-14+. The average Bonchev–Trinajstić information content (AvgIpc) is 2.66. The molecule has 1 N–H and O–H groups in total. The number of rotatable bonds is 8. The van der Waals surface area contributed by atoms with Crippen LogP contribution in [0.1, 0.15) is 35.2 Å². The van der Waals surface area contributed by atoms with Gasteiger partial charge in [0.25, 0.3) is 0 Å². The molecule has 2 aromatic rings. The second-order valence-electron chi connectivity index (χ2n) is 5.88. The normalized spacial score (nSPS) is 12.6. The zero-order valence-electron chi connectivity index (χ0n) is 15.8. The number of methoxy groups -OCH3 is 1. The van der Waals surface area contributed by atoms with E-state index in [0.29, 0.717) is 16.3 Å². The molecule has 1 unspecified atom stereocenters. The number of benzene rings is 2. The van der Waals surface area contributed by atoms with E-state index in [2.05, 4.69) is 10.6 Å². The van der Waals surface area contributed by atoms with E-state index in [4.69, 9.17) is 26.0 Å². The van der Waals surface area contributed by atoms with E-state index in [1.807, 2.05) is 50.2 Å². The van der Waals surface area contributed by atoms with E-state index in [-0.39, 0.29) is 6.61 Å². The molecular formula is C20H23ClN2O4. The summed E-state index contributed by atoms with van der Waals surface area (Å²) in [6.45, 7) is 3.98. The molecule has 0 aliphatic rings. The molecule has 1 atom stereocenters. The largest absolute Gasteiger partial charge is 0.468 e. The van der Waals surface area contributed by atoms with E-state index < -0.39 is 12.0 Å². The summed E-state index contributed by atoms with van der Waals surface area (Å²) in [5.41, 5.74) is 6.75. The van der Waals surface area contributed by atoms with Crippen molar-refractivity contribution in [3.8, 4) is 0 Å². The lowest BCUT2D eigenvalue weighted by molar-refractivity contribution is -0.147. The number of carbonyl (C=O) groups is 1. The Morgan fingerprint density at radius 1 is 1.22 bits per heavy atom. The molecule has 0 saturated carbocycles. The number of nitrogens with one attached hydrogen (secondary N) is 1. The van der Waals surface area contributed by atoms with Gasteiger partial charge in [-0.15, -0.1) is 0 Å². The molecule has 2 rings (SSSR count). The van der Waals surface area contributed by atoms with Crippen LogP contribution in [0.2, 0.25) is 5.02 Å². The lowest BCUT2D eigenvalue weighted by atomic mass is 9.97. The van der Waals surface area contributed by atoms with Crippen LogP contribution in [-0.2, 0) is 25.8 Å². The second kappa shape index (κ2) is 10.1. The number of aryl methyl sites for hydroxylation is 1. The maximum atomic E-state index is 12.1. The number of esters is 1. The molecule has 7 heteroatoms. The molecule has 0 bridgehead atoms. The van der Waals surface area contributed by atoms with Gasteiger partial charge < -0.3 is 14.4 Å². The van der Waals surface area contributed by atoms with Crippen molar-refractivity contribution in [2.75, 3.05) is 14.2 Å². The highest BCUT2D eigenvalue weighted by Gasteiger charge is 2.25. The predicted molar refractivity (Wildman–Crippen MR) is 105 cm³/mol. The Balaban J connectivity index is 2.23. The third-order valence-corrected chi connectivity index (χ3v) is 4.32. The van der Waals surface area contributed by atoms with Crippen LogP contribution in [0.5, 0.6) is 0 Å². The lowest BCUT2D eigenvalue weighted by Gasteiger charge is -2.19. The summed E-state index contributed by atoms with van der Waals surface area (Å²) in [6, 6.07) is 12.2. The Morgan fingerprint density at radius 2 is 1.96 bits per heavy atom. The van der Waals surface area contributed by atoms with Gasteiger partial charge >= 0.3 is 5.97 Å². The van der Waals surface area contributed by atoms with Crippen molar-refractivity contribution in [2.45, 2.75) is 26.5 Å². The molecule has 2 aromatic carbocycles. The minimum atomic E-state index is -0.767. The fourth-order valence-electron chi connectivity index (χ4n) is 2.63.